The number of nitrogens with zero attached hydrogens (tertiary/aromatic N) is 1. The van der Waals surface area contributed by atoms with E-state index in [1.54, 1.807) is 12.0 Å². The normalized spacial score (nSPS) is 20.7. The van der Waals surface area contributed by atoms with E-state index in [4.69, 9.17) is 4.74 Å². The van der Waals surface area contributed by atoms with Crippen LogP contribution in [-0.2, 0) is 9.59 Å². The lowest BCUT2D eigenvalue weighted by atomic mass is 10.1. The molecule has 0 aromatic heterocycles. The lowest BCUT2D eigenvalue weighted by Crippen LogP contribution is -2.35. The molecule has 1 aromatic carbocycles. The minimum Gasteiger partial charge on any atom is -0.497 e. The molecule has 1 atom stereocenters. The van der Waals surface area contributed by atoms with Crippen molar-refractivity contribution in [1.82, 2.24) is 10.6 Å². The van der Waals surface area contributed by atoms with Crippen molar-refractivity contribution < 1.29 is 14.3 Å². The minimum atomic E-state index is -0.290. The Kier molecular flexibility index (Phi) is 5.15. The summed E-state index contributed by atoms with van der Waals surface area (Å²) in [7, 11) is 1.61. The predicted molar refractivity (Wildman–Crippen MR) is 92.0 cm³/mol. The van der Waals surface area contributed by atoms with Crippen LogP contribution in [0.5, 0.6) is 5.75 Å². The molecule has 1 saturated heterocycles. The Bertz CT molecular complexity index is 639. The van der Waals surface area contributed by atoms with E-state index >= 15 is 0 Å². The second-order valence-electron chi connectivity index (χ2n) is 6.14. The quantitative estimate of drug-likeness (QED) is 0.793. The van der Waals surface area contributed by atoms with Gasteiger partial charge in [0, 0.05) is 31.7 Å². The molecule has 0 radical (unpaired) electrons. The van der Waals surface area contributed by atoms with Crippen LogP contribution in [0.1, 0.15) is 12.8 Å². The highest BCUT2D eigenvalue weighted by atomic mass is 16.5. The Balaban J connectivity index is 1.57. The first-order valence-corrected chi connectivity index (χ1v) is 8.28. The van der Waals surface area contributed by atoms with Gasteiger partial charge in [-0.1, -0.05) is 11.6 Å². The number of nitrogens with one attached hydrogen (secondary N) is 2. The molecule has 2 aliphatic rings. The summed E-state index contributed by atoms with van der Waals surface area (Å²) in [6.45, 7) is 2.82. The first kappa shape index (κ1) is 16.5. The van der Waals surface area contributed by atoms with E-state index in [9.17, 15) is 9.59 Å². The monoisotopic (exact) mass is 329 g/mol. The average Bonchev–Trinajstić information content (AvgIpc) is 3.02. The molecule has 2 aliphatic heterocycles. The Labute approximate surface area is 141 Å². The summed E-state index contributed by atoms with van der Waals surface area (Å²) < 4.78 is 5.13. The van der Waals surface area contributed by atoms with Gasteiger partial charge in [-0.15, -0.1) is 0 Å². The fraction of sp³-hybridized carbons (Fsp3) is 0.444. The predicted octanol–water partition coefficient (Wildman–Crippen LogP) is 1.08. The van der Waals surface area contributed by atoms with Crippen LogP contribution in [0.4, 0.5) is 5.69 Å². The molecule has 6 heteroatoms. The Morgan fingerprint density at radius 2 is 2.17 bits per heavy atom. The van der Waals surface area contributed by atoms with E-state index in [0.717, 1.165) is 30.9 Å². The van der Waals surface area contributed by atoms with Gasteiger partial charge in [0.1, 0.15) is 5.75 Å². The van der Waals surface area contributed by atoms with Crippen LogP contribution >= 0.6 is 0 Å². The number of hydrogen-bond donors (Lipinski definition) is 2. The van der Waals surface area contributed by atoms with Crippen LogP contribution in [0.15, 0.2) is 35.9 Å². The zero-order chi connectivity index (χ0) is 16.9. The van der Waals surface area contributed by atoms with Gasteiger partial charge in [0.05, 0.1) is 13.0 Å². The van der Waals surface area contributed by atoms with Crippen molar-refractivity contribution in [2.24, 2.45) is 5.92 Å². The van der Waals surface area contributed by atoms with E-state index in [1.807, 2.05) is 24.3 Å². The van der Waals surface area contributed by atoms with Gasteiger partial charge in [0.2, 0.25) is 11.8 Å². The summed E-state index contributed by atoms with van der Waals surface area (Å²) in [6.07, 6.45) is 3.34. The lowest BCUT2D eigenvalue weighted by molar-refractivity contribution is -0.126. The molecule has 6 nitrogen and oxygen atoms in total. The number of anilines is 1. The van der Waals surface area contributed by atoms with Crippen molar-refractivity contribution in [2.45, 2.75) is 12.8 Å². The summed E-state index contributed by atoms with van der Waals surface area (Å²) in [6, 6.07) is 7.33. The van der Waals surface area contributed by atoms with E-state index in [-0.39, 0.29) is 24.2 Å². The SMILES string of the molecule is COc1ccc(N2CC(C(=O)NCC3=CCNCC3)CC2=O)cc1. The maximum Gasteiger partial charge on any atom is 0.227 e. The Morgan fingerprint density at radius 3 is 2.83 bits per heavy atom. The molecule has 2 heterocycles. The molecular formula is C18H23N3O3. The number of amides is 2. The summed E-state index contributed by atoms with van der Waals surface area (Å²) in [5, 5.41) is 6.22. The molecule has 0 aliphatic carbocycles. The van der Waals surface area contributed by atoms with Gasteiger partial charge in [0.25, 0.3) is 0 Å². The number of hydrogen-bond acceptors (Lipinski definition) is 4. The van der Waals surface area contributed by atoms with Crippen LogP contribution < -0.4 is 20.3 Å². The van der Waals surface area contributed by atoms with Crippen LogP contribution in [0.2, 0.25) is 0 Å². The molecule has 1 unspecified atom stereocenters. The minimum absolute atomic E-state index is 0.0126. The van der Waals surface area contributed by atoms with Crippen molar-refractivity contribution in [3.8, 4) is 5.75 Å². The number of ether oxygens (including phenoxy) is 1. The highest BCUT2D eigenvalue weighted by molar-refractivity contribution is 6.00. The van der Waals surface area contributed by atoms with Crippen molar-refractivity contribution in [3.05, 3.63) is 35.9 Å². The second-order valence-corrected chi connectivity index (χ2v) is 6.14. The first-order chi connectivity index (χ1) is 11.7. The molecular weight excluding hydrogens is 306 g/mol. The van der Waals surface area contributed by atoms with E-state index in [0.29, 0.717) is 13.1 Å². The zero-order valence-electron chi connectivity index (χ0n) is 13.9. The molecule has 2 amide bonds. The Hall–Kier alpha value is -2.34. The van der Waals surface area contributed by atoms with Gasteiger partial charge < -0.3 is 20.3 Å². The third-order valence-corrected chi connectivity index (χ3v) is 4.53. The number of carbonyl (C=O) groups excluding carboxylic acids is 2. The molecule has 1 fully saturated rings. The summed E-state index contributed by atoms with van der Waals surface area (Å²) in [5.74, 6) is 0.400. The number of rotatable bonds is 5. The maximum absolute atomic E-state index is 12.4. The molecule has 1 aromatic rings. The van der Waals surface area contributed by atoms with Crippen LogP contribution in [0.3, 0.4) is 0 Å². The fourth-order valence-corrected chi connectivity index (χ4v) is 3.07. The Morgan fingerprint density at radius 1 is 1.38 bits per heavy atom. The highest BCUT2D eigenvalue weighted by Crippen LogP contribution is 2.26. The largest absolute Gasteiger partial charge is 0.497 e. The van der Waals surface area contributed by atoms with Crippen molar-refractivity contribution in [2.75, 3.05) is 38.2 Å². The lowest BCUT2D eigenvalue weighted by Gasteiger charge is -2.18. The fourth-order valence-electron chi connectivity index (χ4n) is 3.07. The molecule has 2 N–H and O–H groups in total. The number of carbonyl (C=O) groups is 2. The van der Waals surface area contributed by atoms with Gasteiger partial charge in [-0.3, -0.25) is 9.59 Å². The van der Waals surface area contributed by atoms with E-state index in [1.165, 1.54) is 5.57 Å². The molecule has 0 spiro atoms. The maximum atomic E-state index is 12.4. The topological polar surface area (TPSA) is 70.7 Å². The number of benzene rings is 1. The molecule has 3 rings (SSSR count). The van der Waals surface area contributed by atoms with Gasteiger partial charge >= 0.3 is 0 Å². The molecule has 0 saturated carbocycles. The van der Waals surface area contributed by atoms with Crippen LogP contribution in [0.25, 0.3) is 0 Å². The van der Waals surface area contributed by atoms with Crippen LogP contribution in [-0.4, -0.2) is 45.1 Å². The van der Waals surface area contributed by atoms with Crippen molar-refractivity contribution >= 4 is 17.5 Å². The van der Waals surface area contributed by atoms with Gasteiger partial charge in [-0.2, -0.15) is 0 Å². The van der Waals surface area contributed by atoms with Crippen molar-refractivity contribution in [1.29, 1.82) is 0 Å². The number of methoxy groups -OCH3 is 1. The summed E-state index contributed by atoms with van der Waals surface area (Å²) in [4.78, 5) is 26.3. The standard InChI is InChI=1S/C18H23N3O3/c1-24-16-4-2-15(3-5-16)21-12-14(10-17(21)22)18(23)20-11-13-6-8-19-9-7-13/h2-6,14,19H,7-12H2,1H3,(H,20,23). The van der Waals surface area contributed by atoms with Gasteiger partial charge in [0.15, 0.2) is 0 Å². The van der Waals surface area contributed by atoms with E-state index < -0.39 is 0 Å². The molecule has 0 bridgehead atoms. The first-order valence-electron chi connectivity index (χ1n) is 8.28. The summed E-state index contributed by atoms with van der Waals surface area (Å²) >= 11 is 0. The van der Waals surface area contributed by atoms with Crippen LogP contribution in [0, 0.1) is 5.92 Å². The third-order valence-electron chi connectivity index (χ3n) is 4.53. The third kappa shape index (κ3) is 3.76. The second kappa shape index (κ2) is 7.49. The van der Waals surface area contributed by atoms with Gasteiger partial charge in [-0.25, -0.2) is 0 Å². The zero-order valence-corrected chi connectivity index (χ0v) is 13.9. The molecule has 24 heavy (non-hydrogen) atoms. The van der Waals surface area contributed by atoms with E-state index in [2.05, 4.69) is 16.7 Å². The van der Waals surface area contributed by atoms with Crippen molar-refractivity contribution in [3.63, 3.8) is 0 Å². The highest BCUT2D eigenvalue weighted by Gasteiger charge is 2.35. The smallest absolute Gasteiger partial charge is 0.227 e. The average molecular weight is 329 g/mol. The van der Waals surface area contributed by atoms with Gasteiger partial charge in [-0.05, 0) is 37.2 Å². The molecule has 128 valence electrons. The summed E-state index contributed by atoms with van der Waals surface area (Å²) in [5.41, 5.74) is 2.05.